The lowest BCUT2D eigenvalue weighted by atomic mass is 10.0. The van der Waals surface area contributed by atoms with E-state index in [9.17, 15) is 14.3 Å². The monoisotopic (exact) mass is 262 g/mol. The van der Waals surface area contributed by atoms with Gasteiger partial charge in [0.1, 0.15) is 11.9 Å². The number of benzene rings is 1. The Kier molecular flexibility index (Phi) is 3.82. The van der Waals surface area contributed by atoms with Gasteiger partial charge in [0, 0.05) is 6.54 Å². The minimum Gasteiger partial charge on any atom is -0.480 e. The number of nitrogens with zero attached hydrogens (tertiary/aromatic N) is 2. The Hall–Kier alpha value is -1.93. The van der Waals surface area contributed by atoms with Crippen LogP contribution in [-0.4, -0.2) is 28.6 Å². The van der Waals surface area contributed by atoms with Crippen LogP contribution >= 0.6 is 0 Å². The van der Waals surface area contributed by atoms with E-state index in [4.69, 9.17) is 5.26 Å². The number of nitriles is 1. The first kappa shape index (κ1) is 13.5. The van der Waals surface area contributed by atoms with Crippen LogP contribution in [0.25, 0.3) is 0 Å². The van der Waals surface area contributed by atoms with Gasteiger partial charge in [0.05, 0.1) is 11.6 Å². The molecule has 0 saturated carbocycles. The molecule has 4 nitrogen and oxygen atoms in total. The van der Waals surface area contributed by atoms with Crippen molar-refractivity contribution < 1.29 is 14.3 Å². The second-order valence-electron chi connectivity index (χ2n) is 4.98. The highest BCUT2D eigenvalue weighted by atomic mass is 19.1. The normalized spacial score (nSPS) is 23.2. The third-order valence-electron chi connectivity index (χ3n) is 3.53. The van der Waals surface area contributed by atoms with E-state index in [2.05, 4.69) is 0 Å². The first-order valence-electron chi connectivity index (χ1n) is 6.17. The molecule has 0 amide bonds. The third kappa shape index (κ3) is 2.91. The standard InChI is InChI=1S/C14H15FN2O2/c1-9-2-3-17(13(9)14(18)19)8-11-4-10(7-16)5-12(15)6-11/h4-6,9,13H,2-3,8H2,1H3,(H,18,19). The molecular weight excluding hydrogens is 247 g/mol. The lowest BCUT2D eigenvalue weighted by Crippen LogP contribution is -2.38. The molecule has 2 atom stereocenters. The topological polar surface area (TPSA) is 64.3 Å². The summed E-state index contributed by atoms with van der Waals surface area (Å²) >= 11 is 0. The smallest absolute Gasteiger partial charge is 0.321 e. The summed E-state index contributed by atoms with van der Waals surface area (Å²) in [5.41, 5.74) is 0.894. The van der Waals surface area contributed by atoms with Crippen molar-refractivity contribution in [2.24, 2.45) is 5.92 Å². The molecule has 2 unspecified atom stereocenters. The van der Waals surface area contributed by atoms with Crippen LogP contribution in [0.3, 0.4) is 0 Å². The highest BCUT2D eigenvalue weighted by molar-refractivity contribution is 5.74. The fourth-order valence-corrected chi connectivity index (χ4v) is 2.64. The lowest BCUT2D eigenvalue weighted by molar-refractivity contribution is -0.143. The maximum Gasteiger partial charge on any atom is 0.321 e. The van der Waals surface area contributed by atoms with Gasteiger partial charge in [-0.2, -0.15) is 5.26 Å². The van der Waals surface area contributed by atoms with Gasteiger partial charge in [0.2, 0.25) is 0 Å². The van der Waals surface area contributed by atoms with Gasteiger partial charge in [0.15, 0.2) is 0 Å². The summed E-state index contributed by atoms with van der Waals surface area (Å²) in [7, 11) is 0. The molecule has 19 heavy (non-hydrogen) atoms. The zero-order valence-electron chi connectivity index (χ0n) is 10.6. The van der Waals surface area contributed by atoms with Crippen molar-refractivity contribution in [2.75, 3.05) is 6.54 Å². The number of carbonyl (C=O) groups is 1. The molecule has 0 radical (unpaired) electrons. The van der Waals surface area contributed by atoms with Crippen molar-refractivity contribution in [3.63, 3.8) is 0 Å². The van der Waals surface area contributed by atoms with Gasteiger partial charge in [0.25, 0.3) is 0 Å². The number of likely N-dealkylation sites (tertiary alicyclic amines) is 1. The molecule has 2 rings (SSSR count). The summed E-state index contributed by atoms with van der Waals surface area (Å²) in [6.07, 6.45) is 0.817. The fraction of sp³-hybridized carbons (Fsp3) is 0.429. The van der Waals surface area contributed by atoms with E-state index in [1.165, 1.54) is 12.1 Å². The van der Waals surface area contributed by atoms with E-state index < -0.39 is 17.8 Å². The van der Waals surface area contributed by atoms with Gasteiger partial charge in [-0.25, -0.2) is 4.39 Å². The molecule has 0 aliphatic carbocycles. The van der Waals surface area contributed by atoms with E-state index in [1.54, 1.807) is 6.07 Å². The SMILES string of the molecule is CC1CCN(Cc2cc(F)cc(C#N)c2)C1C(=O)O. The maximum absolute atomic E-state index is 13.3. The van der Waals surface area contributed by atoms with Crippen molar-refractivity contribution in [2.45, 2.75) is 25.9 Å². The van der Waals surface area contributed by atoms with Crippen LogP contribution in [0.1, 0.15) is 24.5 Å². The van der Waals surface area contributed by atoms with Gasteiger partial charge in [-0.3, -0.25) is 9.69 Å². The number of hydrogen-bond acceptors (Lipinski definition) is 3. The van der Waals surface area contributed by atoms with Crippen molar-refractivity contribution >= 4 is 5.97 Å². The predicted molar refractivity (Wildman–Crippen MR) is 66.7 cm³/mol. The van der Waals surface area contributed by atoms with Crippen molar-refractivity contribution in [1.82, 2.24) is 4.90 Å². The second-order valence-corrected chi connectivity index (χ2v) is 4.98. The summed E-state index contributed by atoms with van der Waals surface area (Å²) in [5, 5.41) is 18.0. The summed E-state index contributed by atoms with van der Waals surface area (Å²) in [6, 6.07) is 5.49. The van der Waals surface area contributed by atoms with Crippen LogP contribution in [0.2, 0.25) is 0 Å². The first-order chi connectivity index (χ1) is 9.01. The van der Waals surface area contributed by atoms with Gasteiger partial charge in [-0.15, -0.1) is 0 Å². The van der Waals surface area contributed by atoms with Gasteiger partial charge in [-0.05, 0) is 42.6 Å². The molecule has 1 aliphatic rings. The third-order valence-corrected chi connectivity index (χ3v) is 3.53. The van der Waals surface area contributed by atoms with E-state index in [-0.39, 0.29) is 11.5 Å². The first-order valence-corrected chi connectivity index (χ1v) is 6.17. The van der Waals surface area contributed by atoms with Crippen LogP contribution in [0.5, 0.6) is 0 Å². The average molecular weight is 262 g/mol. The molecule has 0 aromatic heterocycles. The Balaban J connectivity index is 2.19. The molecule has 0 spiro atoms. The zero-order chi connectivity index (χ0) is 14.0. The molecule has 1 aromatic carbocycles. The number of aliphatic carboxylic acids is 1. The maximum atomic E-state index is 13.3. The van der Waals surface area contributed by atoms with Crippen LogP contribution in [0.15, 0.2) is 18.2 Å². The quantitative estimate of drug-likeness (QED) is 0.904. The largest absolute Gasteiger partial charge is 0.480 e. The predicted octanol–water partition coefficient (Wildman–Crippen LogP) is 1.99. The Labute approximate surface area is 111 Å². The molecule has 5 heteroatoms. The van der Waals surface area contributed by atoms with Crippen LogP contribution in [0.4, 0.5) is 4.39 Å². The minimum atomic E-state index is -0.845. The molecule has 1 fully saturated rings. The minimum absolute atomic E-state index is 0.0847. The van der Waals surface area contributed by atoms with E-state index in [0.717, 1.165) is 6.42 Å². The van der Waals surface area contributed by atoms with Gasteiger partial charge in [-0.1, -0.05) is 6.92 Å². The highest BCUT2D eigenvalue weighted by Gasteiger charge is 2.36. The van der Waals surface area contributed by atoms with E-state index >= 15 is 0 Å². The van der Waals surface area contributed by atoms with Crippen molar-refractivity contribution in [3.05, 3.63) is 35.1 Å². The van der Waals surface area contributed by atoms with Crippen LogP contribution < -0.4 is 0 Å². The highest BCUT2D eigenvalue weighted by Crippen LogP contribution is 2.26. The average Bonchev–Trinajstić information content (AvgIpc) is 2.69. The molecule has 1 saturated heterocycles. The van der Waals surface area contributed by atoms with Crippen LogP contribution in [0, 0.1) is 23.1 Å². The summed E-state index contributed by atoms with van der Waals surface area (Å²) in [5.74, 6) is -1.23. The Morgan fingerprint density at radius 2 is 2.32 bits per heavy atom. The Morgan fingerprint density at radius 3 is 2.95 bits per heavy atom. The summed E-state index contributed by atoms with van der Waals surface area (Å²) in [4.78, 5) is 13.1. The summed E-state index contributed by atoms with van der Waals surface area (Å²) < 4.78 is 13.3. The molecule has 1 aliphatic heterocycles. The lowest BCUT2D eigenvalue weighted by Gasteiger charge is -2.23. The molecule has 1 aromatic rings. The van der Waals surface area contributed by atoms with Crippen molar-refractivity contribution in [3.8, 4) is 6.07 Å². The Morgan fingerprint density at radius 1 is 1.58 bits per heavy atom. The zero-order valence-corrected chi connectivity index (χ0v) is 10.6. The number of hydrogen-bond donors (Lipinski definition) is 1. The molecular formula is C14H15FN2O2. The van der Waals surface area contributed by atoms with Gasteiger partial charge >= 0.3 is 5.97 Å². The second kappa shape index (κ2) is 5.37. The molecule has 100 valence electrons. The van der Waals surface area contributed by atoms with Crippen molar-refractivity contribution in [1.29, 1.82) is 5.26 Å². The van der Waals surface area contributed by atoms with Crippen LogP contribution in [-0.2, 0) is 11.3 Å². The number of rotatable bonds is 3. The molecule has 1 N–H and O–H groups in total. The van der Waals surface area contributed by atoms with Gasteiger partial charge < -0.3 is 5.11 Å². The molecule has 0 bridgehead atoms. The van der Waals surface area contributed by atoms with E-state index in [1.807, 2.05) is 17.9 Å². The molecule has 1 heterocycles. The Bertz CT molecular complexity index is 539. The fourth-order valence-electron chi connectivity index (χ4n) is 2.64. The number of carboxylic acid groups (broad SMARTS) is 1. The van der Waals surface area contributed by atoms with E-state index in [0.29, 0.717) is 18.7 Å². The number of halogens is 1. The number of carboxylic acids is 1. The summed E-state index contributed by atoms with van der Waals surface area (Å²) in [6.45, 7) is 2.94.